The molecule has 5 nitrogen and oxygen atoms in total. The highest BCUT2D eigenvalue weighted by Gasteiger charge is 2.58. The zero-order valence-corrected chi connectivity index (χ0v) is 15.9. The highest BCUT2D eigenvalue weighted by atomic mass is 35.5. The third-order valence-corrected chi connectivity index (χ3v) is 6.79. The van der Waals surface area contributed by atoms with Crippen molar-refractivity contribution < 1.29 is 9.63 Å². The third-order valence-electron chi connectivity index (χ3n) is 6.22. The number of rotatable bonds is 3. The van der Waals surface area contributed by atoms with Crippen molar-refractivity contribution in [1.82, 2.24) is 15.5 Å². The lowest BCUT2D eigenvalue weighted by molar-refractivity contribution is -0.146. The molecule has 3 fully saturated rings. The fourth-order valence-electron chi connectivity index (χ4n) is 4.86. The standard InChI is InChI=1S/C19H21Cl2N3O2/c20-12-7-23-8-13(21)14(12)16-15(17(26-24-16)11-1-2-11)19(25)9-18(10-19)3-5-22-6-4-18/h7-8,11,22,25H,1-6,9-10H2. The summed E-state index contributed by atoms with van der Waals surface area (Å²) in [6, 6.07) is 0. The molecule has 0 amide bonds. The van der Waals surface area contributed by atoms with E-state index in [1.165, 1.54) is 0 Å². The molecule has 2 aliphatic carbocycles. The highest BCUT2D eigenvalue weighted by Crippen LogP contribution is 2.62. The van der Waals surface area contributed by atoms with Crippen LogP contribution in [-0.2, 0) is 5.60 Å². The Morgan fingerprint density at radius 3 is 2.38 bits per heavy atom. The molecular weight excluding hydrogens is 373 g/mol. The minimum Gasteiger partial charge on any atom is -0.385 e. The van der Waals surface area contributed by atoms with Gasteiger partial charge in [0.05, 0.1) is 21.2 Å². The maximum absolute atomic E-state index is 11.5. The van der Waals surface area contributed by atoms with Crippen LogP contribution in [0.1, 0.15) is 55.8 Å². The van der Waals surface area contributed by atoms with E-state index in [1.807, 2.05) is 0 Å². The molecule has 0 bridgehead atoms. The van der Waals surface area contributed by atoms with Gasteiger partial charge in [-0.3, -0.25) is 4.98 Å². The van der Waals surface area contributed by atoms with E-state index >= 15 is 0 Å². The van der Waals surface area contributed by atoms with E-state index in [0.717, 1.165) is 62.9 Å². The molecule has 0 radical (unpaired) electrons. The molecule has 3 aliphatic rings. The van der Waals surface area contributed by atoms with Gasteiger partial charge in [-0.15, -0.1) is 0 Å². The third kappa shape index (κ3) is 2.60. The predicted molar refractivity (Wildman–Crippen MR) is 99.4 cm³/mol. The number of hydrogen-bond donors (Lipinski definition) is 2. The Morgan fingerprint density at radius 2 is 1.77 bits per heavy atom. The molecule has 2 aromatic rings. The average Bonchev–Trinajstić information content (AvgIpc) is 3.34. The van der Waals surface area contributed by atoms with Crippen LogP contribution in [-0.4, -0.2) is 28.3 Å². The molecule has 0 atom stereocenters. The number of pyridine rings is 1. The van der Waals surface area contributed by atoms with Crippen LogP contribution in [0.3, 0.4) is 0 Å². The molecule has 2 aromatic heterocycles. The Balaban J connectivity index is 1.59. The van der Waals surface area contributed by atoms with E-state index in [0.29, 0.717) is 27.2 Å². The minimum atomic E-state index is -0.916. The monoisotopic (exact) mass is 393 g/mol. The van der Waals surface area contributed by atoms with E-state index in [1.54, 1.807) is 12.4 Å². The minimum absolute atomic E-state index is 0.223. The van der Waals surface area contributed by atoms with Gasteiger partial charge in [-0.05, 0) is 57.0 Å². The number of aliphatic hydroxyl groups is 1. The van der Waals surface area contributed by atoms with Crippen molar-refractivity contribution >= 4 is 23.2 Å². The molecule has 2 saturated carbocycles. The fourth-order valence-corrected chi connectivity index (χ4v) is 5.40. The zero-order chi connectivity index (χ0) is 17.9. The Kier molecular flexibility index (Phi) is 3.87. The Morgan fingerprint density at radius 1 is 1.12 bits per heavy atom. The number of nitrogens with one attached hydrogen (secondary N) is 1. The van der Waals surface area contributed by atoms with Crippen molar-refractivity contribution in [3.8, 4) is 11.3 Å². The maximum atomic E-state index is 11.5. The van der Waals surface area contributed by atoms with Crippen LogP contribution in [0.4, 0.5) is 0 Å². The van der Waals surface area contributed by atoms with E-state index in [4.69, 9.17) is 27.7 Å². The first-order valence-electron chi connectivity index (χ1n) is 9.24. The largest absolute Gasteiger partial charge is 0.385 e. The van der Waals surface area contributed by atoms with Crippen molar-refractivity contribution in [1.29, 1.82) is 0 Å². The normalized spacial score (nSPS) is 23.8. The van der Waals surface area contributed by atoms with Crippen LogP contribution in [0.5, 0.6) is 0 Å². The number of piperidine rings is 1. The molecule has 26 heavy (non-hydrogen) atoms. The number of hydrogen-bond acceptors (Lipinski definition) is 5. The number of aromatic nitrogens is 2. The van der Waals surface area contributed by atoms with E-state index in [2.05, 4.69) is 15.5 Å². The van der Waals surface area contributed by atoms with Crippen molar-refractivity contribution in [3.05, 3.63) is 33.8 Å². The summed E-state index contributed by atoms with van der Waals surface area (Å²) in [7, 11) is 0. The van der Waals surface area contributed by atoms with Gasteiger partial charge in [-0.2, -0.15) is 0 Å². The second-order valence-electron chi connectivity index (χ2n) is 8.16. The molecule has 3 heterocycles. The van der Waals surface area contributed by atoms with Crippen LogP contribution >= 0.6 is 23.2 Å². The van der Waals surface area contributed by atoms with Gasteiger partial charge in [0.15, 0.2) is 0 Å². The number of nitrogens with zero attached hydrogens (tertiary/aromatic N) is 2. The summed E-state index contributed by atoms with van der Waals surface area (Å²) >= 11 is 12.8. The van der Waals surface area contributed by atoms with Crippen molar-refractivity contribution in [2.45, 2.75) is 50.0 Å². The highest BCUT2D eigenvalue weighted by molar-refractivity contribution is 6.38. The molecule has 138 valence electrons. The van der Waals surface area contributed by atoms with Crippen molar-refractivity contribution in [2.24, 2.45) is 5.41 Å². The van der Waals surface area contributed by atoms with Crippen LogP contribution in [0.15, 0.2) is 16.9 Å². The average molecular weight is 394 g/mol. The lowest BCUT2D eigenvalue weighted by Gasteiger charge is -2.55. The summed E-state index contributed by atoms with van der Waals surface area (Å²) < 4.78 is 5.72. The topological polar surface area (TPSA) is 71.2 Å². The summed E-state index contributed by atoms with van der Waals surface area (Å²) in [6.45, 7) is 2.04. The van der Waals surface area contributed by atoms with Crippen LogP contribution in [0.25, 0.3) is 11.3 Å². The zero-order valence-electron chi connectivity index (χ0n) is 14.4. The SMILES string of the molecule is OC1(c2c(-c3c(Cl)cncc3Cl)noc2C2CC2)CC2(CCNCC2)C1. The van der Waals surface area contributed by atoms with E-state index in [9.17, 15) is 5.11 Å². The first-order valence-corrected chi connectivity index (χ1v) is 10.00. The second kappa shape index (κ2) is 5.93. The molecule has 5 rings (SSSR count). The predicted octanol–water partition coefficient (Wildman–Crippen LogP) is 4.27. The van der Waals surface area contributed by atoms with Crippen LogP contribution in [0.2, 0.25) is 10.0 Å². The van der Waals surface area contributed by atoms with E-state index in [-0.39, 0.29) is 5.41 Å². The summed E-state index contributed by atoms with van der Waals surface area (Å²) in [5, 5.41) is 20.1. The van der Waals surface area contributed by atoms with Gasteiger partial charge in [-0.1, -0.05) is 28.4 Å². The molecule has 0 unspecified atom stereocenters. The molecule has 1 spiro atoms. The fraction of sp³-hybridized carbons (Fsp3) is 0.579. The lowest BCUT2D eigenvalue weighted by Crippen LogP contribution is -2.54. The van der Waals surface area contributed by atoms with Crippen LogP contribution < -0.4 is 5.32 Å². The molecule has 7 heteroatoms. The van der Waals surface area contributed by atoms with Gasteiger partial charge in [0, 0.05) is 23.9 Å². The van der Waals surface area contributed by atoms with Crippen LogP contribution in [0, 0.1) is 5.41 Å². The maximum Gasteiger partial charge on any atom is 0.146 e. The molecule has 1 saturated heterocycles. The summed E-state index contributed by atoms with van der Waals surface area (Å²) in [5.41, 5.74) is 1.30. The molecular formula is C19H21Cl2N3O2. The smallest absolute Gasteiger partial charge is 0.146 e. The summed E-state index contributed by atoms with van der Waals surface area (Å²) in [5.74, 6) is 1.16. The van der Waals surface area contributed by atoms with E-state index < -0.39 is 5.60 Å². The van der Waals surface area contributed by atoms with Gasteiger partial charge in [-0.25, -0.2) is 0 Å². The first kappa shape index (κ1) is 17.0. The Bertz CT molecular complexity index is 828. The van der Waals surface area contributed by atoms with Gasteiger partial charge in [0.2, 0.25) is 0 Å². The van der Waals surface area contributed by atoms with Crippen molar-refractivity contribution in [2.75, 3.05) is 13.1 Å². The number of halogens is 2. The molecule has 2 N–H and O–H groups in total. The Labute approximate surface area is 162 Å². The van der Waals surface area contributed by atoms with Gasteiger partial charge < -0.3 is 14.9 Å². The van der Waals surface area contributed by atoms with Gasteiger partial charge in [0.25, 0.3) is 0 Å². The Hall–Kier alpha value is -1.14. The molecule has 1 aliphatic heterocycles. The van der Waals surface area contributed by atoms with Gasteiger partial charge in [0.1, 0.15) is 11.5 Å². The second-order valence-corrected chi connectivity index (χ2v) is 8.97. The lowest BCUT2D eigenvalue weighted by atomic mass is 9.53. The first-order chi connectivity index (χ1) is 12.5. The molecule has 0 aromatic carbocycles. The van der Waals surface area contributed by atoms with Crippen molar-refractivity contribution in [3.63, 3.8) is 0 Å². The summed E-state index contributed by atoms with van der Waals surface area (Å²) in [4.78, 5) is 4.03. The summed E-state index contributed by atoms with van der Waals surface area (Å²) in [6.07, 6.45) is 8.95. The quantitative estimate of drug-likeness (QED) is 0.814. The van der Waals surface area contributed by atoms with Gasteiger partial charge >= 0.3 is 0 Å².